The van der Waals surface area contributed by atoms with Crippen LogP contribution in [0, 0.1) is 23.1 Å². The Labute approximate surface area is 172 Å². The Kier molecular flexibility index (Phi) is 5.01. The van der Waals surface area contributed by atoms with Crippen molar-refractivity contribution in [3.05, 3.63) is 46.5 Å². The van der Waals surface area contributed by atoms with Crippen LogP contribution in [0.15, 0.2) is 24.4 Å². The van der Waals surface area contributed by atoms with E-state index in [9.17, 15) is 14.0 Å². The second-order valence-corrected chi connectivity index (χ2v) is 7.90. The van der Waals surface area contributed by atoms with Crippen LogP contribution in [-0.4, -0.2) is 39.1 Å². The van der Waals surface area contributed by atoms with Crippen LogP contribution < -0.4 is 4.90 Å². The summed E-state index contributed by atoms with van der Waals surface area (Å²) in [6, 6.07) is 6.33. The van der Waals surface area contributed by atoms with Gasteiger partial charge in [-0.2, -0.15) is 10.4 Å². The summed E-state index contributed by atoms with van der Waals surface area (Å²) >= 11 is 5.82. The number of nitriles is 1. The van der Waals surface area contributed by atoms with Crippen molar-refractivity contribution in [2.24, 2.45) is 5.92 Å². The summed E-state index contributed by atoms with van der Waals surface area (Å²) < 4.78 is 15.2. The van der Waals surface area contributed by atoms with Crippen LogP contribution in [0.2, 0.25) is 5.02 Å². The SMILES string of the molecule is C[C@H]1Cn2ncc(N3CC(C#N)CC3=O)c2CN1C(=O)Cc1ccc(F)c(Cl)c1. The number of anilines is 1. The Morgan fingerprint density at radius 2 is 2.21 bits per heavy atom. The quantitative estimate of drug-likeness (QED) is 0.771. The maximum atomic E-state index is 13.4. The number of carbonyl (C=O) groups excluding carboxylic acids is 2. The molecule has 9 heteroatoms. The van der Waals surface area contributed by atoms with E-state index >= 15 is 0 Å². The molecule has 1 fully saturated rings. The molecule has 7 nitrogen and oxygen atoms in total. The topological polar surface area (TPSA) is 82.2 Å². The summed E-state index contributed by atoms with van der Waals surface area (Å²) in [7, 11) is 0. The van der Waals surface area contributed by atoms with Crippen LogP contribution in [0.3, 0.4) is 0 Å². The van der Waals surface area contributed by atoms with Crippen LogP contribution in [0.5, 0.6) is 0 Å². The molecule has 0 radical (unpaired) electrons. The molecule has 0 bridgehead atoms. The van der Waals surface area contributed by atoms with Gasteiger partial charge in [0, 0.05) is 19.0 Å². The van der Waals surface area contributed by atoms with Crippen LogP contribution in [0.1, 0.15) is 24.6 Å². The number of aromatic nitrogens is 2. The van der Waals surface area contributed by atoms with E-state index in [0.29, 0.717) is 30.9 Å². The van der Waals surface area contributed by atoms with E-state index in [4.69, 9.17) is 16.9 Å². The smallest absolute Gasteiger partial charge is 0.228 e. The molecule has 1 unspecified atom stereocenters. The molecule has 4 rings (SSSR count). The normalized spacial score (nSPS) is 21.2. The van der Waals surface area contributed by atoms with Gasteiger partial charge in [-0.25, -0.2) is 4.39 Å². The Balaban J connectivity index is 1.55. The first-order chi connectivity index (χ1) is 13.9. The molecule has 0 aliphatic carbocycles. The van der Waals surface area contributed by atoms with E-state index in [0.717, 1.165) is 5.69 Å². The Bertz CT molecular complexity index is 1030. The largest absolute Gasteiger partial charge is 0.332 e. The third kappa shape index (κ3) is 3.58. The van der Waals surface area contributed by atoms with Crippen LogP contribution in [0.4, 0.5) is 10.1 Å². The lowest BCUT2D eigenvalue weighted by Crippen LogP contribution is -2.46. The minimum Gasteiger partial charge on any atom is -0.332 e. The minimum absolute atomic E-state index is 0.0121. The fourth-order valence-corrected chi connectivity index (χ4v) is 4.10. The lowest BCUT2D eigenvalue weighted by Gasteiger charge is -2.35. The van der Waals surface area contributed by atoms with Crippen molar-refractivity contribution in [2.75, 3.05) is 11.4 Å². The van der Waals surface area contributed by atoms with Crippen molar-refractivity contribution in [3.63, 3.8) is 0 Å². The average Bonchev–Trinajstić information content (AvgIpc) is 3.26. The fraction of sp³-hybridized carbons (Fsp3) is 0.400. The molecule has 2 aliphatic rings. The van der Waals surface area contributed by atoms with Gasteiger partial charge in [0.2, 0.25) is 11.8 Å². The first-order valence-electron chi connectivity index (χ1n) is 9.35. The van der Waals surface area contributed by atoms with Gasteiger partial charge in [-0.1, -0.05) is 17.7 Å². The monoisotopic (exact) mass is 415 g/mol. The van der Waals surface area contributed by atoms with Crippen molar-refractivity contribution < 1.29 is 14.0 Å². The molecule has 2 atom stereocenters. The van der Waals surface area contributed by atoms with E-state index in [-0.39, 0.29) is 41.6 Å². The first kappa shape index (κ1) is 19.4. The molecule has 0 N–H and O–H groups in total. The van der Waals surface area contributed by atoms with Crippen molar-refractivity contribution in [1.82, 2.24) is 14.7 Å². The molecule has 29 heavy (non-hydrogen) atoms. The summed E-state index contributed by atoms with van der Waals surface area (Å²) in [5.41, 5.74) is 2.07. The van der Waals surface area contributed by atoms with E-state index in [1.807, 2.05) is 11.6 Å². The summed E-state index contributed by atoms with van der Waals surface area (Å²) in [6.07, 6.45) is 1.94. The van der Waals surface area contributed by atoms with Crippen LogP contribution in [0.25, 0.3) is 0 Å². The molecule has 1 aromatic heterocycles. The van der Waals surface area contributed by atoms with Gasteiger partial charge in [-0.05, 0) is 24.6 Å². The molecule has 0 spiro atoms. The molecule has 2 amide bonds. The highest BCUT2D eigenvalue weighted by Crippen LogP contribution is 2.31. The highest BCUT2D eigenvalue weighted by atomic mass is 35.5. The lowest BCUT2D eigenvalue weighted by atomic mass is 10.1. The van der Waals surface area contributed by atoms with Crippen LogP contribution >= 0.6 is 11.6 Å². The van der Waals surface area contributed by atoms with E-state index in [2.05, 4.69) is 11.2 Å². The number of nitrogens with zero attached hydrogens (tertiary/aromatic N) is 5. The summed E-state index contributed by atoms with van der Waals surface area (Å²) in [4.78, 5) is 28.6. The fourth-order valence-electron chi connectivity index (χ4n) is 3.90. The molecule has 3 heterocycles. The molecule has 2 aromatic rings. The molecule has 2 aliphatic heterocycles. The predicted molar refractivity (Wildman–Crippen MR) is 103 cm³/mol. The van der Waals surface area contributed by atoms with Crippen molar-refractivity contribution >= 4 is 29.1 Å². The third-order valence-electron chi connectivity index (χ3n) is 5.47. The molecule has 1 saturated heterocycles. The number of fused-ring (bicyclic) bond motifs is 1. The van der Waals surface area contributed by atoms with Crippen molar-refractivity contribution in [3.8, 4) is 6.07 Å². The number of carbonyl (C=O) groups is 2. The maximum absolute atomic E-state index is 13.4. The van der Waals surface area contributed by atoms with Crippen molar-refractivity contribution in [1.29, 1.82) is 5.26 Å². The van der Waals surface area contributed by atoms with Gasteiger partial charge in [-0.15, -0.1) is 0 Å². The van der Waals surface area contributed by atoms with E-state index < -0.39 is 5.82 Å². The van der Waals surface area contributed by atoms with Crippen LogP contribution in [-0.2, 0) is 29.1 Å². The Hall–Kier alpha value is -2.92. The number of hydrogen-bond acceptors (Lipinski definition) is 4. The lowest BCUT2D eigenvalue weighted by molar-refractivity contribution is -0.134. The molecule has 0 saturated carbocycles. The number of halogens is 2. The zero-order chi connectivity index (χ0) is 20.7. The number of benzene rings is 1. The number of rotatable bonds is 3. The maximum Gasteiger partial charge on any atom is 0.228 e. The van der Waals surface area contributed by atoms with Crippen molar-refractivity contribution in [2.45, 2.75) is 38.9 Å². The second-order valence-electron chi connectivity index (χ2n) is 7.49. The third-order valence-corrected chi connectivity index (χ3v) is 5.76. The van der Waals surface area contributed by atoms with Gasteiger partial charge in [0.1, 0.15) is 5.82 Å². The standard InChI is InChI=1S/C20H19ClFN5O2/c1-12-9-27-18(17(8-24-27)26-10-14(7-23)6-20(26)29)11-25(12)19(28)5-13-2-3-16(22)15(21)4-13/h2-4,8,12,14H,5-6,9-11H2,1H3/t12-,14?/m0/s1. The number of hydrogen-bond donors (Lipinski definition) is 0. The van der Waals surface area contributed by atoms with Gasteiger partial charge in [-0.3, -0.25) is 14.3 Å². The zero-order valence-electron chi connectivity index (χ0n) is 15.8. The predicted octanol–water partition coefficient (Wildman–Crippen LogP) is 2.53. The highest BCUT2D eigenvalue weighted by molar-refractivity contribution is 6.30. The Morgan fingerprint density at radius 3 is 2.90 bits per heavy atom. The van der Waals surface area contributed by atoms with Gasteiger partial charge in [0.25, 0.3) is 0 Å². The number of amides is 2. The summed E-state index contributed by atoms with van der Waals surface area (Å²) in [5.74, 6) is -1.07. The van der Waals surface area contributed by atoms with Gasteiger partial charge in [0.05, 0.1) is 54.1 Å². The zero-order valence-corrected chi connectivity index (χ0v) is 16.6. The van der Waals surface area contributed by atoms with E-state index in [1.165, 1.54) is 12.1 Å². The molecular formula is C20H19ClFN5O2. The van der Waals surface area contributed by atoms with E-state index in [1.54, 1.807) is 22.1 Å². The molecule has 150 valence electrons. The summed E-state index contributed by atoms with van der Waals surface area (Å²) in [6.45, 7) is 3.10. The average molecular weight is 416 g/mol. The highest BCUT2D eigenvalue weighted by Gasteiger charge is 2.36. The van der Waals surface area contributed by atoms with Gasteiger partial charge >= 0.3 is 0 Å². The molecule has 1 aromatic carbocycles. The molecular weight excluding hydrogens is 397 g/mol. The first-order valence-corrected chi connectivity index (χ1v) is 9.73. The van der Waals surface area contributed by atoms with Gasteiger partial charge < -0.3 is 9.80 Å². The van der Waals surface area contributed by atoms with Gasteiger partial charge in [0.15, 0.2) is 0 Å². The minimum atomic E-state index is -0.520. The summed E-state index contributed by atoms with van der Waals surface area (Å²) in [5, 5.41) is 13.5. The Morgan fingerprint density at radius 1 is 1.41 bits per heavy atom. The second kappa shape index (κ2) is 7.48.